The molecular weight excluding hydrogens is 384 g/mol. The maximum Gasteiger partial charge on any atom is 0.257 e. The summed E-state index contributed by atoms with van der Waals surface area (Å²) in [6.07, 6.45) is 3.17. The number of carbonyl (C=O) groups excluding carboxylic acids is 1. The highest BCUT2D eigenvalue weighted by molar-refractivity contribution is 6.04. The SMILES string of the molecule is O=C(Nc1ccc2nc(-c3ccccc3)c(-c3ccccc3)nc2c1)c1cccnc1. The van der Waals surface area contributed by atoms with Crippen LogP contribution in [0.15, 0.2) is 103 Å². The van der Waals surface area contributed by atoms with Crippen molar-refractivity contribution in [3.05, 3.63) is 109 Å². The van der Waals surface area contributed by atoms with Crippen LogP contribution in [0.1, 0.15) is 10.4 Å². The van der Waals surface area contributed by atoms with Crippen molar-refractivity contribution < 1.29 is 4.79 Å². The number of benzene rings is 3. The van der Waals surface area contributed by atoms with Gasteiger partial charge in [0.25, 0.3) is 5.91 Å². The van der Waals surface area contributed by atoms with E-state index >= 15 is 0 Å². The molecule has 0 unspecified atom stereocenters. The van der Waals surface area contributed by atoms with Crippen LogP contribution in [0.4, 0.5) is 5.69 Å². The lowest BCUT2D eigenvalue weighted by atomic mass is 10.0. The normalized spacial score (nSPS) is 10.7. The topological polar surface area (TPSA) is 67.8 Å². The summed E-state index contributed by atoms with van der Waals surface area (Å²) in [4.78, 5) is 26.3. The van der Waals surface area contributed by atoms with Crippen molar-refractivity contribution in [1.29, 1.82) is 0 Å². The lowest BCUT2D eigenvalue weighted by molar-refractivity contribution is 0.102. The summed E-state index contributed by atoms with van der Waals surface area (Å²) in [5.74, 6) is -0.218. The van der Waals surface area contributed by atoms with Crippen molar-refractivity contribution in [1.82, 2.24) is 15.0 Å². The molecule has 0 fully saturated rings. The Morgan fingerprint density at radius 2 is 1.32 bits per heavy atom. The predicted molar refractivity (Wildman–Crippen MR) is 123 cm³/mol. The number of rotatable bonds is 4. The van der Waals surface area contributed by atoms with Gasteiger partial charge in [-0.1, -0.05) is 60.7 Å². The molecule has 0 spiro atoms. The van der Waals surface area contributed by atoms with Gasteiger partial charge in [-0.05, 0) is 30.3 Å². The molecule has 0 aliphatic heterocycles. The molecule has 5 rings (SSSR count). The molecule has 2 aromatic heterocycles. The monoisotopic (exact) mass is 402 g/mol. The van der Waals surface area contributed by atoms with Crippen LogP contribution in [0, 0.1) is 0 Å². The maximum absolute atomic E-state index is 12.5. The second-order valence-electron chi connectivity index (χ2n) is 7.05. The second kappa shape index (κ2) is 8.16. The van der Waals surface area contributed by atoms with Gasteiger partial charge in [0.1, 0.15) is 0 Å². The minimum atomic E-state index is -0.218. The fourth-order valence-electron chi connectivity index (χ4n) is 3.43. The number of nitrogens with one attached hydrogen (secondary N) is 1. The molecule has 0 saturated heterocycles. The van der Waals surface area contributed by atoms with Crippen molar-refractivity contribution in [2.45, 2.75) is 0 Å². The third kappa shape index (κ3) is 3.89. The molecule has 2 heterocycles. The first-order valence-corrected chi connectivity index (χ1v) is 9.92. The Labute approximate surface area is 179 Å². The molecule has 3 aromatic carbocycles. The van der Waals surface area contributed by atoms with E-state index in [2.05, 4.69) is 10.3 Å². The highest BCUT2D eigenvalue weighted by Gasteiger charge is 2.14. The van der Waals surface area contributed by atoms with Gasteiger partial charge in [0, 0.05) is 29.2 Å². The van der Waals surface area contributed by atoms with Crippen LogP contribution >= 0.6 is 0 Å². The maximum atomic E-state index is 12.5. The number of amides is 1. The summed E-state index contributed by atoms with van der Waals surface area (Å²) in [5.41, 5.74) is 6.24. The number of anilines is 1. The molecule has 0 radical (unpaired) electrons. The number of pyridine rings is 1. The Bertz CT molecular complexity index is 1350. The summed E-state index contributed by atoms with van der Waals surface area (Å²) in [6.45, 7) is 0. The van der Waals surface area contributed by atoms with Crippen molar-refractivity contribution in [3.8, 4) is 22.5 Å². The number of nitrogens with zero attached hydrogens (tertiary/aromatic N) is 3. The largest absolute Gasteiger partial charge is 0.322 e. The fraction of sp³-hybridized carbons (Fsp3) is 0. The van der Waals surface area contributed by atoms with Crippen LogP contribution in [0.2, 0.25) is 0 Å². The van der Waals surface area contributed by atoms with Gasteiger partial charge >= 0.3 is 0 Å². The van der Waals surface area contributed by atoms with E-state index in [1.54, 1.807) is 18.3 Å². The van der Waals surface area contributed by atoms with Crippen LogP contribution in [-0.4, -0.2) is 20.9 Å². The van der Waals surface area contributed by atoms with E-state index < -0.39 is 0 Å². The standard InChI is InChI=1S/C26H18N4O/c31-26(20-12-7-15-27-17-20)28-21-13-14-22-23(16-21)30-25(19-10-5-2-6-11-19)24(29-22)18-8-3-1-4-9-18/h1-17H,(H,28,31). The third-order valence-corrected chi connectivity index (χ3v) is 4.94. The lowest BCUT2D eigenvalue weighted by Crippen LogP contribution is -2.12. The molecule has 31 heavy (non-hydrogen) atoms. The molecule has 0 aliphatic carbocycles. The third-order valence-electron chi connectivity index (χ3n) is 4.94. The number of aromatic nitrogens is 3. The number of fused-ring (bicyclic) bond motifs is 1. The summed E-state index contributed by atoms with van der Waals surface area (Å²) < 4.78 is 0. The molecule has 1 amide bonds. The van der Waals surface area contributed by atoms with Crippen molar-refractivity contribution in [2.24, 2.45) is 0 Å². The number of carbonyl (C=O) groups is 1. The van der Waals surface area contributed by atoms with Crippen molar-refractivity contribution in [2.75, 3.05) is 5.32 Å². The van der Waals surface area contributed by atoms with Crippen LogP contribution in [0.3, 0.4) is 0 Å². The first kappa shape index (κ1) is 18.6. The van der Waals surface area contributed by atoms with Crippen LogP contribution in [0.5, 0.6) is 0 Å². The van der Waals surface area contributed by atoms with E-state index in [-0.39, 0.29) is 5.91 Å². The van der Waals surface area contributed by atoms with Gasteiger partial charge in [-0.3, -0.25) is 9.78 Å². The zero-order valence-corrected chi connectivity index (χ0v) is 16.6. The van der Waals surface area contributed by atoms with Gasteiger partial charge in [-0.2, -0.15) is 0 Å². The Hall–Kier alpha value is -4.38. The first-order valence-electron chi connectivity index (χ1n) is 9.92. The zero-order valence-electron chi connectivity index (χ0n) is 16.6. The lowest BCUT2D eigenvalue weighted by Gasteiger charge is -2.12. The quantitative estimate of drug-likeness (QED) is 0.424. The Balaban J connectivity index is 1.60. The summed E-state index contributed by atoms with van der Waals surface area (Å²) in [7, 11) is 0. The van der Waals surface area contributed by atoms with Gasteiger partial charge in [0.2, 0.25) is 0 Å². The van der Waals surface area contributed by atoms with E-state index in [4.69, 9.17) is 9.97 Å². The molecule has 5 nitrogen and oxygen atoms in total. The van der Waals surface area contributed by atoms with Crippen molar-refractivity contribution in [3.63, 3.8) is 0 Å². The minimum absolute atomic E-state index is 0.218. The summed E-state index contributed by atoms with van der Waals surface area (Å²) in [6, 6.07) is 29.1. The summed E-state index contributed by atoms with van der Waals surface area (Å²) in [5, 5.41) is 2.91. The number of hydrogen-bond donors (Lipinski definition) is 1. The Kier molecular flexibility index (Phi) is 4.91. The average molecular weight is 402 g/mol. The van der Waals surface area contributed by atoms with E-state index in [1.807, 2.05) is 78.9 Å². The molecule has 0 atom stereocenters. The van der Waals surface area contributed by atoms with Gasteiger partial charge in [0.05, 0.1) is 28.0 Å². The molecule has 5 aromatic rings. The smallest absolute Gasteiger partial charge is 0.257 e. The molecule has 5 heteroatoms. The Morgan fingerprint density at radius 3 is 1.94 bits per heavy atom. The van der Waals surface area contributed by atoms with Gasteiger partial charge < -0.3 is 5.32 Å². The van der Waals surface area contributed by atoms with E-state index in [1.165, 1.54) is 6.20 Å². The van der Waals surface area contributed by atoms with Gasteiger partial charge in [-0.25, -0.2) is 9.97 Å². The fourth-order valence-corrected chi connectivity index (χ4v) is 3.43. The average Bonchev–Trinajstić information content (AvgIpc) is 2.85. The molecule has 0 bridgehead atoms. The first-order chi connectivity index (χ1) is 15.3. The van der Waals surface area contributed by atoms with Gasteiger partial charge in [-0.15, -0.1) is 0 Å². The van der Waals surface area contributed by atoms with E-state index in [0.29, 0.717) is 16.8 Å². The molecular formula is C26H18N4O. The second-order valence-corrected chi connectivity index (χ2v) is 7.05. The van der Waals surface area contributed by atoms with Crippen LogP contribution in [-0.2, 0) is 0 Å². The number of hydrogen-bond acceptors (Lipinski definition) is 4. The predicted octanol–water partition coefficient (Wildman–Crippen LogP) is 5.61. The minimum Gasteiger partial charge on any atom is -0.322 e. The Morgan fingerprint density at radius 1 is 0.677 bits per heavy atom. The summed E-state index contributed by atoms with van der Waals surface area (Å²) >= 11 is 0. The van der Waals surface area contributed by atoms with Crippen LogP contribution < -0.4 is 5.32 Å². The molecule has 1 N–H and O–H groups in total. The van der Waals surface area contributed by atoms with Gasteiger partial charge in [0.15, 0.2) is 0 Å². The highest BCUT2D eigenvalue weighted by atomic mass is 16.1. The van der Waals surface area contributed by atoms with Crippen LogP contribution in [0.25, 0.3) is 33.5 Å². The highest BCUT2D eigenvalue weighted by Crippen LogP contribution is 2.31. The van der Waals surface area contributed by atoms with E-state index in [0.717, 1.165) is 28.0 Å². The molecule has 0 aliphatic rings. The zero-order chi connectivity index (χ0) is 21.0. The molecule has 148 valence electrons. The van der Waals surface area contributed by atoms with Crippen molar-refractivity contribution >= 4 is 22.6 Å². The van der Waals surface area contributed by atoms with E-state index in [9.17, 15) is 4.79 Å². The molecule has 0 saturated carbocycles.